The molecule has 1 aliphatic rings. The van der Waals surface area contributed by atoms with Gasteiger partial charge in [0, 0.05) is 18.7 Å². The van der Waals surface area contributed by atoms with Gasteiger partial charge in [-0.2, -0.15) is 0 Å². The van der Waals surface area contributed by atoms with Crippen molar-refractivity contribution in [1.82, 2.24) is 4.90 Å². The predicted octanol–water partition coefficient (Wildman–Crippen LogP) is 0.0584. The molecule has 0 unspecified atom stereocenters. The Morgan fingerprint density at radius 2 is 1.74 bits per heavy atom. The quantitative estimate of drug-likeness (QED) is 0.850. The Hall–Kier alpha value is -1.40. The van der Waals surface area contributed by atoms with E-state index >= 15 is 0 Å². The lowest BCUT2D eigenvalue weighted by molar-refractivity contribution is 0.0770. The molecule has 0 bridgehead atoms. The first-order valence-electron chi connectivity index (χ1n) is 6.30. The van der Waals surface area contributed by atoms with Crippen LogP contribution >= 0.6 is 0 Å². The van der Waals surface area contributed by atoms with Gasteiger partial charge in [0.1, 0.15) is 0 Å². The summed E-state index contributed by atoms with van der Waals surface area (Å²) in [7, 11) is -2.95. The highest BCUT2D eigenvalue weighted by Gasteiger charge is 2.25. The van der Waals surface area contributed by atoms with Gasteiger partial charge in [-0.05, 0) is 30.7 Å². The van der Waals surface area contributed by atoms with Crippen LogP contribution in [0, 0.1) is 0 Å². The zero-order valence-electron chi connectivity index (χ0n) is 10.7. The van der Waals surface area contributed by atoms with Gasteiger partial charge in [-0.25, -0.2) is 8.42 Å². The molecule has 2 N–H and O–H groups in total. The molecule has 104 valence electrons. The zero-order valence-corrected chi connectivity index (χ0v) is 11.5. The molecular weight excluding hydrogens is 264 g/mol. The molecule has 1 amide bonds. The van der Waals surface area contributed by atoms with Crippen molar-refractivity contribution in [2.24, 2.45) is 5.73 Å². The summed E-state index contributed by atoms with van der Waals surface area (Å²) in [5.74, 6) is 0.0164. The molecule has 6 heteroatoms. The third-order valence-corrected chi connectivity index (χ3v) is 4.87. The van der Waals surface area contributed by atoms with Crippen LogP contribution < -0.4 is 5.73 Å². The van der Waals surface area contributed by atoms with Crippen LogP contribution in [0.2, 0.25) is 0 Å². The van der Waals surface area contributed by atoms with Gasteiger partial charge in [0.15, 0.2) is 9.84 Å². The first-order chi connectivity index (χ1) is 9.02. The van der Waals surface area contributed by atoms with Crippen LogP contribution in [-0.2, 0) is 16.3 Å². The van der Waals surface area contributed by atoms with E-state index in [9.17, 15) is 13.2 Å². The Bertz CT molecular complexity index is 538. The number of nitrogens with two attached hydrogens (primary N) is 1. The highest BCUT2D eigenvalue weighted by molar-refractivity contribution is 7.91. The summed E-state index contributed by atoms with van der Waals surface area (Å²) in [6, 6.07) is 7.33. The Labute approximate surface area is 113 Å². The van der Waals surface area contributed by atoms with Crippen LogP contribution in [-0.4, -0.2) is 50.4 Å². The average Bonchev–Trinajstić information content (AvgIpc) is 2.39. The molecule has 19 heavy (non-hydrogen) atoms. The Kier molecular flexibility index (Phi) is 4.21. The van der Waals surface area contributed by atoms with Crippen molar-refractivity contribution < 1.29 is 13.2 Å². The topological polar surface area (TPSA) is 80.5 Å². The second-order valence-electron chi connectivity index (χ2n) is 4.68. The summed E-state index contributed by atoms with van der Waals surface area (Å²) in [5.41, 5.74) is 7.16. The van der Waals surface area contributed by atoms with Gasteiger partial charge in [-0.1, -0.05) is 12.1 Å². The maximum Gasteiger partial charge on any atom is 0.253 e. The molecule has 0 saturated carbocycles. The molecule has 0 radical (unpaired) electrons. The minimum Gasteiger partial charge on any atom is -0.337 e. The number of hydrogen-bond donors (Lipinski definition) is 1. The fourth-order valence-corrected chi connectivity index (χ4v) is 3.28. The lowest BCUT2D eigenvalue weighted by Gasteiger charge is -2.26. The van der Waals surface area contributed by atoms with Gasteiger partial charge < -0.3 is 10.6 Å². The SMILES string of the molecule is NCCc1ccc(C(=O)N2CCS(=O)(=O)CC2)cc1. The van der Waals surface area contributed by atoms with Crippen molar-refractivity contribution in [2.45, 2.75) is 6.42 Å². The van der Waals surface area contributed by atoms with Crippen LogP contribution in [0.25, 0.3) is 0 Å². The fourth-order valence-electron chi connectivity index (χ4n) is 2.08. The minimum absolute atomic E-state index is 0.0595. The predicted molar refractivity (Wildman–Crippen MR) is 73.8 cm³/mol. The number of sulfone groups is 1. The third kappa shape index (κ3) is 3.54. The van der Waals surface area contributed by atoms with Crippen molar-refractivity contribution in [3.63, 3.8) is 0 Å². The largest absolute Gasteiger partial charge is 0.337 e. The zero-order chi connectivity index (χ0) is 13.9. The highest BCUT2D eigenvalue weighted by Crippen LogP contribution is 2.11. The van der Waals surface area contributed by atoms with E-state index in [1.54, 1.807) is 17.0 Å². The van der Waals surface area contributed by atoms with Gasteiger partial charge in [0.25, 0.3) is 5.91 Å². The molecule has 0 atom stereocenters. The number of amides is 1. The molecular formula is C13H18N2O3S. The minimum atomic E-state index is -2.95. The Balaban J connectivity index is 2.04. The maximum atomic E-state index is 12.2. The van der Waals surface area contributed by atoms with E-state index in [1.165, 1.54) is 0 Å². The fraction of sp³-hybridized carbons (Fsp3) is 0.462. The van der Waals surface area contributed by atoms with E-state index in [4.69, 9.17) is 5.73 Å². The molecule has 1 aliphatic heterocycles. The molecule has 1 aromatic carbocycles. The van der Waals surface area contributed by atoms with E-state index in [2.05, 4.69) is 0 Å². The van der Waals surface area contributed by atoms with E-state index in [0.717, 1.165) is 12.0 Å². The molecule has 0 spiro atoms. The molecule has 0 aliphatic carbocycles. The van der Waals surface area contributed by atoms with Crippen LogP contribution in [0.5, 0.6) is 0 Å². The monoisotopic (exact) mass is 282 g/mol. The lowest BCUT2D eigenvalue weighted by atomic mass is 10.1. The van der Waals surface area contributed by atoms with Gasteiger partial charge in [0.05, 0.1) is 11.5 Å². The second-order valence-corrected chi connectivity index (χ2v) is 6.98. The maximum absolute atomic E-state index is 12.2. The second kappa shape index (κ2) is 5.71. The number of hydrogen-bond acceptors (Lipinski definition) is 4. The van der Waals surface area contributed by atoms with Gasteiger partial charge in [-0.15, -0.1) is 0 Å². The Morgan fingerprint density at radius 3 is 2.26 bits per heavy atom. The number of nitrogens with zero attached hydrogens (tertiary/aromatic N) is 1. The molecule has 2 rings (SSSR count). The number of rotatable bonds is 3. The number of carbonyl (C=O) groups is 1. The summed E-state index contributed by atoms with van der Waals surface area (Å²) in [6.45, 7) is 1.15. The van der Waals surface area contributed by atoms with Gasteiger partial charge >= 0.3 is 0 Å². The van der Waals surface area contributed by atoms with Crippen molar-refractivity contribution >= 4 is 15.7 Å². The van der Waals surface area contributed by atoms with Crippen molar-refractivity contribution in [2.75, 3.05) is 31.1 Å². The Morgan fingerprint density at radius 1 is 1.16 bits per heavy atom. The summed E-state index contributed by atoms with van der Waals surface area (Å²) >= 11 is 0. The third-order valence-electron chi connectivity index (χ3n) is 3.27. The van der Waals surface area contributed by atoms with Crippen LogP contribution in [0.4, 0.5) is 0 Å². The van der Waals surface area contributed by atoms with Crippen molar-refractivity contribution in [1.29, 1.82) is 0 Å². The summed E-state index contributed by atoms with van der Waals surface area (Å²) in [4.78, 5) is 13.8. The molecule has 1 aromatic rings. The molecule has 1 heterocycles. The van der Waals surface area contributed by atoms with Crippen LogP contribution in [0.1, 0.15) is 15.9 Å². The smallest absolute Gasteiger partial charge is 0.253 e. The molecule has 1 saturated heterocycles. The first kappa shape index (κ1) is 14.0. The van der Waals surface area contributed by atoms with Crippen molar-refractivity contribution in [3.05, 3.63) is 35.4 Å². The number of carbonyl (C=O) groups excluding carboxylic acids is 1. The van der Waals surface area contributed by atoms with Crippen LogP contribution in [0.15, 0.2) is 24.3 Å². The van der Waals surface area contributed by atoms with E-state index in [0.29, 0.717) is 12.1 Å². The van der Waals surface area contributed by atoms with E-state index in [1.807, 2.05) is 12.1 Å². The number of benzene rings is 1. The lowest BCUT2D eigenvalue weighted by Crippen LogP contribution is -2.43. The van der Waals surface area contributed by atoms with Gasteiger partial charge in [-0.3, -0.25) is 4.79 Å². The van der Waals surface area contributed by atoms with Crippen LogP contribution in [0.3, 0.4) is 0 Å². The molecule has 0 aromatic heterocycles. The van der Waals surface area contributed by atoms with E-state index in [-0.39, 0.29) is 30.5 Å². The summed E-state index contributed by atoms with van der Waals surface area (Å²) in [6.07, 6.45) is 0.788. The first-order valence-corrected chi connectivity index (χ1v) is 8.13. The molecule has 5 nitrogen and oxygen atoms in total. The van der Waals surface area contributed by atoms with Gasteiger partial charge in [0.2, 0.25) is 0 Å². The molecule has 1 fully saturated rings. The van der Waals surface area contributed by atoms with Crippen molar-refractivity contribution in [3.8, 4) is 0 Å². The van der Waals surface area contributed by atoms with E-state index < -0.39 is 9.84 Å². The highest BCUT2D eigenvalue weighted by atomic mass is 32.2. The summed E-state index contributed by atoms with van der Waals surface area (Å²) < 4.78 is 22.6. The summed E-state index contributed by atoms with van der Waals surface area (Å²) in [5, 5.41) is 0. The standard InChI is InChI=1S/C13H18N2O3S/c14-6-5-11-1-3-12(4-2-11)13(16)15-7-9-19(17,18)10-8-15/h1-4H,5-10,14H2. The normalized spacial score (nSPS) is 18.3. The average molecular weight is 282 g/mol.